The van der Waals surface area contributed by atoms with Gasteiger partial charge in [0.1, 0.15) is 5.54 Å². The molecule has 2 unspecified atom stereocenters. The summed E-state index contributed by atoms with van der Waals surface area (Å²) in [5.41, 5.74) is 0.211. The van der Waals surface area contributed by atoms with E-state index in [2.05, 4.69) is 21.2 Å². The van der Waals surface area contributed by atoms with Crippen LogP contribution in [-0.2, 0) is 4.79 Å². The first kappa shape index (κ1) is 15.2. The molecule has 0 radical (unpaired) electrons. The van der Waals surface area contributed by atoms with E-state index in [1.54, 1.807) is 6.92 Å². The SMILES string of the molecule is CCCC(C)(NC(C)c1ccc(Br)cc1)C(=O)O. The second kappa shape index (κ2) is 6.34. The topological polar surface area (TPSA) is 49.3 Å². The van der Waals surface area contributed by atoms with Crippen molar-refractivity contribution in [2.45, 2.75) is 45.2 Å². The maximum Gasteiger partial charge on any atom is 0.323 e. The predicted molar refractivity (Wildman–Crippen MR) is 76.6 cm³/mol. The molecule has 0 spiro atoms. The maximum absolute atomic E-state index is 11.4. The normalized spacial score (nSPS) is 16.0. The van der Waals surface area contributed by atoms with Crippen LogP contribution < -0.4 is 5.32 Å². The van der Waals surface area contributed by atoms with E-state index in [9.17, 15) is 9.90 Å². The number of carbonyl (C=O) groups is 1. The Kier molecular flexibility index (Phi) is 5.35. The lowest BCUT2D eigenvalue weighted by Crippen LogP contribution is -2.50. The van der Waals surface area contributed by atoms with Crippen molar-refractivity contribution in [3.8, 4) is 0 Å². The molecule has 0 saturated heterocycles. The van der Waals surface area contributed by atoms with Crippen LogP contribution >= 0.6 is 15.9 Å². The molecule has 0 aliphatic carbocycles. The quantitative estimate of drug-likeness (QED) is 0.841. The molecule has 1 aromatic carbocycles. The van der Waals surface area contributed by atoms with Crippen molar-refractivity contribution in [2.24, 2.45) is 0 Å². The van der Waals surface area contributed by atoms with Crippen molar-refractivity contribution in [1.82, 2.24) is 5.32 Å². The summed E-state index contributed by atoms with van der Waals surface area (Å²) in [7, 11) is 0. The van der Waals surface area contributed by atoms with Crippen LogP contribution in [0.3, 0.4) is 0 Å². The van der Waals surface area contributed by atoms with E-state index in [1.807, 2.05) is 38.1 Å². The third-order valence-corrected chi connectivity index (χ3v) is 3.66. The van der Waals surface area contributed by atoms with Crippen LogP contribution in [0, 0.1) is 0 Å². The molecule has 1 aromatic rings. The average molecular weight is 314 g/mol. The smallest absolute Gasteiger partial charge is 0.323 e. The van der Waals surface area contributed by atoms with Crippen molar-refractivity contribution in [2.75, 3.05) is 0 Å². The standard InChI is InChI=1S/C14H20BrNO2/c1-4-9-14(3,13(17)18)16-10(2)11-5-7-12(15)8-6-11/h5-8,10,16H,4,9H2,1-3H3,(H,17,18). The summed E-state index contributed by atoms with van der Waals surface area (Å²) in [5.74, 6) is -0.798. The summed E-state index contributed by atoms with van der Waals surface area (Å²) < 4.78 is 1.02. The van der Waals surface area contributed by atoms with Gasteiger partial charge < -0.3 is 5.11 Å². The van der Waals surface area contributed by atoms with Gasteiger partial charge in [-0.15, -0.1) is 0 Å². The molecular weight excluding hydrogens is 294 g/mol. The molecule has 18 heavy (non-hydrogen) atoms. The first-order chi connectivity index (χ1) is 8.39. The van der Waals surface area contributed by atoms with E-state index >= 15 is 0 Å². The third kappa shape index (κ3) is 3.82. The lowest BCUT2D eigenvalue weighted by molar-refractivity contribution is -0.144. The van der Waals surface area contributed by atoms with E-state index < -0.39 is 11.5 Å². The number of hydrogen-bond acceptors (Lipinski definition) is 2. The molecule has 0 aromatic heterocycles. The molecule has 0 fully saturated rings. The Morgan fingerprint density at radius 2 is 2.00 bits per heavy atom. The number of nitrogens with one attached hydrogen (secondary N) is 1. The molecule has 3 nitrogen and oxygen atoms in total. The molecule has 0 bridgehead atoms. The highest BCUT2D eigenvalue weighted by atomic mass is 79.9. The number of halogens is 1. The van der Waals surface area contributed by atoms with Crippen molar-refractivity contribution >= 4 is 21.9 Å². The van der Waals surface area contributed by atoms with Gasteiger partial charge in [0.2, 0.25) is 0 Å². The van der Waals surface area contributed by atoms with Gasteiger partial charge in [-0.25, -0.2) is 0 Å². The maximum atomic E-state index is 11.4. The Labute approximate surface area is 117 Å². The molecule has 0 aliphatic heterocycles. The van der Waals surface area contributed by atoms with Crippen molar-refractivity contribution in [3.05, 3.63) is 34.3 Å². The van der Waals surface area contributed by atoms with Gasteiger partial charge in [-0.1, -0.05) is 41.4 Å². The lowest BCUT2D eigenvalue weighted by Gasteiger charge is -2.30. The van der Waals surface area contributed by atoms with Gasteiger partial charge in [0.15, 0.2) is 0 Å². The molecule has 1 rings (SSSR count). The lowest BCUT2D eigenvalue weighted by atomic mass is 9.94. The minimum absolute atomic E-state index is 0.00532. The van der Waals surface area contributed by atoms with E-state index in [4.69, 9.17) is 0 Å². The van der Waals surface area contributed by atoms with Crippen molar-refractivity contribution < 1.29 is 9.90 Å². The fourth-order valence-corrected chi connectivity index (χ4v) is 2.32. The van der Waals surface area contributed by atoms with Crippen LogP contribution in [0.25, 0.3) is 0 Å². The highest BCUT2D eigenvalue weighted by Crippen LogP contribution is 2.22. The zero-order valence-corrected chi connectivity index (χ0v) is 12.6. The third-order valence-electron chi connectivity index (χ3n) is 3.13. The summed E-state index contributed by atoms with van der Waals surface area (Å²) >= 11 is 3.39. The Balaban J connectivity index is 2.81. The number of benzene rings is 1. The molecule has 0 aliphatic rings. The van der Waals surface area contributed by atoms with Gasteiger partial charge in [0.05, 0.1) is 0 Å². The van der Waals surface area contributed by atoms with Crippen molar-refractivity contribution in [3.63, 3.8) is 0 Å². The summed E-state index contributed by atoms with van der Waals surface area (Å²) in [6, 6.07) is 7.92. The van der Waals surface area contributed by atoms with Crippen LogP contribution in [0.2, 0.25) is 0 Å². The Hall–Kier alpha value is -0.870. The Morgan fingerprint density at radius 1 is 1.44 bits per heavy atom. The van der Waals surface area contributed by atoms with Gasteiger partial charge in [0, 0.05) is 10.5 Å². The second-order valence-electron chi connectivity index (χ2n) is 4.80. The van der Waals surface area contributed by atoms with Crippen LogP contribution in [-0.4, -0.2) is 16.6 Å². The van der Waals surface area contributed by atoms with Crippen LogP contribution in [0.4, 0.5) is 0 Å². The fraction of sp³-hybridized carbons (Fsp3) is 0.500. The van der Waals surface area contributed by atoms with E-state index in [0.29, 0.717) is 6.42 Å². The first-order valence-electron chi connectivity index (χ1n) is 6.15. The molecule has 100 valence electrons. The molecular formula is C14H20BrNO2. The van der Waals surface area contributed by atoms with E-state index in [1.165, 1.54) is 0 Å². The van der Waals surface area contributed by atoms with E-state index in [0.717, 1.165) is 16.5 Å². The monoisotopic (exact) mass is 313 g/mol. The van der Waals surface area contributed by atoms with Gasteiger partial charge in [-0.05, 0) is 38.0 Å². The van der Waals surface area contributed by atoms with Crippen molar-refractivity contribution in [1.29, 1.82) is 0 Å². The Morgan fingerprint density at radius 3 is 2.44 bits per heavy atom. The molecule has 0 amide bonds. The van der Waals surface area contributed by atoms with Gasteiger partial charge in [-0.3, -0.25) is 10.1 Å². The minimum Gasteiger partial charge on any atom is -0.480 e. The summed E-state index contributed by atoms with van der Waals surface area (Å²) in [6.45, 7) is 5.72. The number of aliphatic carboxylic acids is 1. The van der Waals surface area contributed by atoms with Gasteiger partial charge in [0.25, 0.3) is 0 Å². The molecule has 2 N–H and O–H groups in total. The largest absolute Gasteiger partial charge is 0.480 e. The van der Waals surface area contributed by atoms with Gasteiger partial charge in [-0.2, -0.15) is 0 Å². The average Bonchev–Trinajstić information content (AvgIpc) is 2.29. The molecule has 0 saturated carbocycles. The fourth-order valence-electron chi connectivity index (χ4n) is 2.05. The van der Waals surface area contributed by atoms with Crippen LogP contribution in [0.1, 0.15) is 45.2 Å². The molecule has 4 heteroatoms. The summed E-state index contributed by atoms with van der Waals surface area (Å²) in [4.78, 5) is 11.4. The molecule has 0 heterocycles. The number of hydrogen-bond donors (Lipinski definition) is 2. The van der Waals surface area contributed by atoms with Crippen LogP contribution in [0.5, 0.6) is 0 Å². The highest BCUT2D eigenvalue weighted by molar-refractivity contribution is 9.10. The summed E-state index contributed by atoms with van der Waals surface area (Å²) in [6.07, 6.45) is 1.45. The summed E-state index contributed by atoms with van der Waals surface area (Å²) in [5, 5.41) is 12.5. The van der Waals surface area contributed by atoms with Gasteiger partial charge >= 0.3 is 5.97 Å². The zero-order valence-electron chi connectivity index (χ0n) is 11.0. The first-order valence-corrected chi connectivity index (χ1v) is 6.95. The number of carboxylic acid groups (broad SMARTS) is 1. The number of carboxylic acids is 1. The van der Waals surface area contributed by atoms with E-state index in [-0.39, 0.29) is 6.04 Å². The second-order valence-corrected chi connectivity index (χ2v) is 5.72. The Bertz CT molecular complexity index is 405. The van der Waals surface area contributed by atoms with Crippen LogP contribution in [0.15, 0.2) is 28.7 Å². The zero-order chi connectivity index (χ0) is 13.8. The predicted octanol–water partition coefficient (Wildman–Crippen LogP) is 3.74. The highest BCUT2D eigenvalue weighted by Gasteiger charge is 2.33. The molecule has 2 atom stereocenters. The number of rotatable bonds is 6. The minimum atomic E-state index is -0.874.